The van der Waals surface area contributed by atoms with Gasteiger partial charge in [-0.05, 0) is 24.3 Å². The second-order valence-electron chi connectivity index (χ2n) is 4.95. The number of nitrogens with one attached hydrogen (secondary N) is 1. The zero-order valence-corrected chi connectivity index (χ0v) is 12.0. The summed E-state index contributed by atoms with van der Waals surface area (Å²) in [6, 6.07) is 13.4. The highest BCUT2D eigenvalue weighted by molar-refractivity contribution is 6.03. The molecule has 0 spiro atoms. The van der Waals surface area contributed by atoms with Crippen LogP contribution in [0.25, 0.3) is 0 Å². The summed E-state index contributed by atoms with van der Waals surface area (Å²) in [6.07, 6.45) is 1.63. The van der Waals surface area contributed by atoms with E-state index in [4.69, 9.17) is 0 Å². The molecule has 0 radical (unpaired) electrons. The fraction of sp³-hybridized carbons (Fsp3) is 0.0588. The van der Waals surface area contributed by atoms with E-state index in [-0.39, 0.29) is 17.9 Å². The Labute approximate surface area is 131 Å². The fourth-order valence-corrected chi connectivity index (χ4v) is 2.14. The van der Waals surface area contributed by atoms with Gasteiger partial charge in [-0.15, -0.1) is 0 Å². The van der Waals surface area contributed by atoms with Crippen LogP contribution in [-0.4, -0.2) is 15.7 Å². The van der Waals surface area contributed by atoms with Crippen molar-refractivity contribution in [3.8, 4) is 0 Å². The highest BCUT2D eigenvalue weighted by Gasteiger charge is 2.09. The summed E-state index contributed by atoms with van der Waals surface area (Å²) in [5, 5.41) is 6.73. The molecule has 1 heterocycles. The van der Waals surface area contributed by atoms with E-state index in [2.05, 4.69) is 10.4 Å². The molecule has 2 aromatic carbocycles. The number of amides is 1. The van der Waals surface area contributed by atoms with Crippen molar-refractivity contribution in [3.63, 3.8) is 0 Å². The minimum atomic E-state index is -0.484. The van der Waals surface area contributed by atoms with Crippen LogP contribution in [0.2, 0.25) is 0 Å². The van der Waals surface area contributed by atoms with Gasteiger partial charge in [0.05, 0.1) is 6.54 Å². The lowest BCUT2D eigenvalue weighted by molar-refractivity contribution is 0.102. The van der Waals surface area contributed by atoms with Crippen LogP contribution >= 0.6 is 0 Å². The normalized spacial score (nSPS) is 10.5. The quantitative estimate of drug-likeness (QED) is 0.802. The number of hydrogen-bond acceptors (Lipinski definition) is 2. The molecule has 0 aliphatic rings. The molecule has 3 aromatic rings. The number of carbonyl (C=O) groups is 1. The maximum absolute atomic E-state index is 13.6. The third-order valence-corrected chi connectivity index (χ3v) is 3.26. The molecule has 1 N–H and O–H groups in total. The molecule has 0 saturated carbocycles. The van der Waals surface area contributed by atoms with Crippen molar-refractivity contribution >= 4 is 11.7 Å². The predicted octanol–water partition coefficient (Wildman–Crippen LogP) is 3.46. The van der Waals surface area contributed by atoms with Crippen molar-refractivity contribution in [1.82, 2.24) is 9.78 Å². The molecule has 1 amide bonds. The third-order valence-electron chi connectivity index (χ3n) is 3.26. The largest absolute Gasteiger partial charge is 0.305 e. The van der Waals surface area contributed by atoms with Gasteiger partial charge < -0.3 is 5.32 Å². The Bertz CT molecular complexity index is 845. The first-order valence-corrected chi connectivity index (χ1v) is 6.95. The second-order valence-corrected chi connectivity index (χ2v) is 4.95. The van der Waals surface area contributed by atoms with E-state index in [1.807, 2.05) is 0 Å². The van der Waals surface area contributed by atoms with Gasteiger partial charge in [0.15, 0.2) is 5.82 Å². The van der Waals surface area contributed by atoms with E-state index in [1.165, 1.54) is 28.9 Å². The van der Waals surface area contributed by atoms with Crippen molar-refractivity contribution in [3.05, 3.63) is 83.6 Å². The van der Waals surface area contributed by atoms with Crippen molar-refractivity contribution in [2.45, 2.75) is 6.54 Å². The molecule has 0 unspecified atom stereocenters. The van der Waals surface area contributed by atoms with Gasteiger partial charge in [0.2, 0.25) is 0 Å². The summed E-state index contributed by atoms with van der Waals surface area (Å²) >= 11 is 0. The fourth-order valence-electron chi connectivity index (χ4n) is 2.14. The van der Waals surface area contributed by atoms with Gasteiger partial charge in [0, 0.05) is 23.4 Å². The Kier molecular flexibility index (Phi) is 4.14. The van der Waals surface area contributed by atoms with E-state index in [0.29, 0.717) is 11.4 Å². The molecule has 116 valence electrons. The first-order chi connectivity index (χ1) is 11.1. The number of nitrogens with zero attached hydrogens (tertiary/aromatic N) is 2. The van der Waals surface area contributed by atoms with Crippen LogP contribution in [0, 0.1) is 11.6 Å². The number of hydrogen-bond donors (Lipinski definition) is 1. The molecule has 3 rings (SSSR count). The summed E-state index contributed by atoms with van der Waals surface area (Å²) in [5.41, 5.74) is 0.701. The van der Waals surface area contributed by atoms with Gasteiger partial charge in [0.1, 0.15) is 11.6 Å². The van der Waals surface area contributed by atoms with E-state index in [9.17, 15) is 13.6 Å². The van der Waals surface area contributed by atoms with Crippen LogP contribution < -0.4 is 5.32 Å². The highest BCUT2D eigenvalue weighted by Crippen LogP contribution is 2.11. The van der Waals surface area contributed by atoms with Gasteiger partial charge in [-0.1, -0.05) is 24.3 Å². The molecular formula is C17H13F2N3O. The number of aromatic nitrogens is 2. The minimum Gasteiger partial charge on any atom is -0.305 e. The molecule has 0 bridgehead atoms. The van der Waals surface area contributed by atoms with Crippen molar-refractivity contribution in [1.29, 1.82) is 0 Å². The topological polar surface area (TPSA) is 46.9 Å². The maximum atomic E-state index is 13.6. The lowest BCUT2D eigenvalue weighted by Gasteiger charge is -2.04. The molecule has 1 aromatic heterocycles. The predicted molar refractivity (Wildman–Crippen MR) is 82.1 cm³/mol. The van der Waals surface area contributed by atoms with E-state index in [1.54, 1.807) is 30.5 Å². The Hall–Kier alpha value is -3.02. The zero-order chi connectivity index (χ0) is 16.2. The minimum absolute atomic E-state index is 0.202. The third kappa shape index (κ3) is 3.60. The number of halogens is 2. The van der Waals surface area contributed by atoms with Gasteiger partial charge in [-0.25, -0.2) is 8.78 Å². The smallest absolute Gasteiger partial charge is 0.256 e. The average Bonchev–Trinajstić information content (AvgIpc) is 2.97. The highest BCUT2D eigenvalue weighted by atomic mass is 19.1. The molecule has 4 nitrogen and oxygen atoms in total. The first-order valence-electron chi connectivity index (χ1n) is 6.95. The summed E-state index contributed by atoms with van der Waals surface area (Å²) in [6.45, 7) is 0.252. The van der Waals surface area contributed by atoms with E-state index < -0.39 is 11.7 Å². The molecule has 23 heavy (non-hydrogen) atoms. The van der Waals surface area contributed by atoms with Crippen LogP contribution in [0.5, 0.6) is 0 Å². The zero-order valence-electron chi connectivity index (χ0n) is 12.0. The molecule has 0 fully saturated rings. The Morgan fingerprint density at radius 3 is 2.70 bits per heavy atom. The molecule has 0 aliphatic carbocycles. The van der Waals surface area contributed by atoms with Gasteiger partial charge in [-0.2, -0.15) is 5.10 Å². The molecule has 6 heteroatoms. The molecule has 0 saturated heterocycles. The molecule has 0 aliphatic heterocycles. The van der Waals surface area contributed by atoms with Gasteiger partial charge in [0.25, 0.3) is 5.91 Å². The Morgan fingerprint density at radius 2 is 1.91 bits per heavy atom. The summed E-state index contributed by atoms with van der Waals surface area (Å²) in [5.74, 6) is -0.938. The van der Waals surface area contributed by atoms with Crippen molar-refractivity contribution < 1.29 is 13.6 Å². The molecule has 0 atom stereocenters. The second kappa shape index (κ2) is 6.39. The number of rotatable bonds is 4. The lowest BCUT2D eigenvalue weighted by Crippen LogP contribution is -2.13. The molecular weight excluding hydrogens is 300 g/mol. The van der Waals surface area contributed by atoms with Crippen LogP contribution in [0.4, 0.5) is 14.6 Å². The SMILES string of the molecule is O=C(Nc1ccn(Cc2ccccc2F)n1)c1cccc(F)c1. The monoisotopic (exact) mass is 313 g/mol. The van der Waals surface area contributed by atoms with Gasteiger partial charge >= 0.3 is 0 Å². The van der Waals surface area contributed by atoms with E-state index >= 15 is 0 Å². The van der Waals surface area contributed by atoms with Gasteiger partial charge in [-0.3, -0.25) is 9.48 Å². The lowest BCUT2D eigenvalue weighted by atomic mass is 10.2. The van der Waals surface area contributed by atoms with Crippen LogP contribution in [-0.2, 0) is 6.54 Å². The van der Waals surface area contributed by atoms with Crippen LogP contribution in [0.3, 0.4) is 0 Å². The number of benzene rings is 2. The number of carbonyl (C=O) groups excluding carboxylic acids is 1. The van der Waals surface area contributed by atoms with Crippen LogP contribution in [0.1, 0.15) is 15.9 Å². The summed E-state index contributed by atoms with van der Waals surface area (Å²) in [4.78, 5) is 12.0. The van der Waals surface area contributed by atoms with Crippen molar-refractivity contribution in [2.24, 2.45) is 0 Å². The standard InChI is InChI=1S/C17H13F2N3O/c18-14-6-3-5-12(10-14)17(23)20-16-8-9-22(21-16)11-13-4-1-2-7-15(13)19/h1-10H,11H2,(H,20,21,23). The van der Waals surface area contributed by atoms with Crippen LogP contribution in [0.15, 0.2) is 60.8 Å². The van der Waals surface area contributed by atoms with Crippen molar-refractivity contribution in [2.75, 3.05) is 5.32 Å². The van der Waals surface area contributed by atoms with E-state index in [0.717, 1.165) is 6.07 Å². The number of anilines is 1. The summed E-state index contributed by atoms with van der Waals surface area (Å²) < 4.78 is 28.2. The maximum Gasteiger partial charge on any atom is 0.256 e. The Balaban J connectivity index is 1.70. The summed E-state index contributed by atoms with van der Waals surface area (Å²) in [7, 11) is 0. The Morgan fingerprint density at radius 1 is 1.09 bits per heavy atom. The average molecular weight is 313 g/mol. The first kappa shape index (κ1) is 14.9.